The number of aliphatic hydroxyl groups excluding tert-OH is 1. The van der Waals surface area contributed by atoms with Gasteiger partial charge in [0.15, 0.2) is 0 Å². The normalized spacial score (nSPS) is 12.8. The maximum absolute atomic E-state index is 9.16. The second kappa shape index (κ2) is 6.72. The van der Waals surface area contributed by atoms with Crippen LogP contribution in [0.5, 0.6) is 0 Å². The summed E-state index contributed by atoms with van der Waals surface area (Å²) < 4.78 is 0. The van der Waals surface area contributed by atoms with E-state index in [1.807, 2.05) is 6.92 Å². The number of rotatable bonds is 6. The lowest BCUT2D eigenvalue weighted by Gasteiger charge is -2.19. The van der Waals surface area contributed by atoms with Crippen LogP contribution in [0.3, 0.4) is 0 Å². The molecule has 0 aliphatic heterocycles. The molecule has 1 aromatic carbocycles. The third-order valence-corrected chi connectivity index (χ3v) is 3.12. The summed E-state index contributed by atoms with van der Waals surface area (Å²) in [5.41, 5.74) is 11.0. The van der Waals surface area contributed by atoms with Crippen LogP contribution in [0.25, 0.3) is 0 Å². The van der Waals surface area contributed by atoms with Gasteiger partial charge in [0, 0.05) is 6.04 Å². The van der Waals surface area contributed by atoms with E-state index < -0.39 is 0 Å². The van der Waals surface area contributed by atoms with Crippen molar-refractivity contribution in [2.45, 2.75) is 45.6 Å². The average Bonchev–Trinajstić information content (AvgIpc) is 2.30. The molecule has 1 atom stereocenters. The second-order valence-electron chi connectivity index (χ2n) is 5.42. The summed E-state index contributed by atoms with van der Waals surface area (Å²) in [5, 5.41) is 9.16. The van der Waals surface area contributed by atoms with Gasteiger partial charge in [-0.25, -0.2) is 0 Å². The number of allylic oxidation sites excluding steroid dienone is 1. The molecule has 0 saturated carbocycles. The lowest BCUT2D eigenvalue weighted by molar-refractivity contribution is 0.265. The Bertz CT molecular complexity index is 410. The minimum absolute atomic E-state index is 0.0267. The minimum Gasteiger partial charge on any atom is -0.395 e. The highest BCUT2D eigenvalue weighted by Gasteiger charge is 2.14. The molecule has 18 heavy (non-hydrogen) atoms. The molecule has 0 bridgehead atoms. The highest BCUT2D eigenvalue weighted by atomic mass is 16.3. The Labute approximate surface area is 111 Å². The fraction of sp³-hybridized carbons (Fsp3) is 0.500. The molecular formula is C16H25NO. The van der Waals surface area contributed by atoms with Gasteiger partial charge < -0.3 is 10.8 Å². The molecular weight excluding hydrogens is 222 g/mol. The first-order valence-corrected chi connectivity index (χ1v) is 6.57. The van der Waals surface area contributed by atoms with Gasteiger partial charge in [-0.2, -0.15) is 0 Å². The lowest BCUT2D eigenvalue weighted by atomic mass is 9.87. The molecule has 0 aromatic heterocycles. The van der Waals surface area contributed by atoms with Gasteiger partial charge in [0.2, 0.25) is 0 Å². The first-order chi connectivity index (χ1) is 8.45. The highest BCUT2D eigenvalue weighted by molar-refractivity contribution is 5.39. The van der Waals surface area contributed by atoms with Gasteiger partial charge in [-0.05, 0) is 42.4 Å². The van der Waals surface area contributed by atoms with Gasteiger partial charge in [-0.1, -0.05) is 44.2 Å². The van der Waals surface area contributed by atoms with Crippen LogP contribution in [-0.2, 0) is 12.8 Å². The maximum atomic E-state index is 9.16. The van der Waals surface area contributed by atoms with Crippen LogP contribution in [0.1, 0.15) is 43.4 Å². The molecule has 0 heterocycles. The van der Waals surface area contributed by atoms with Crippen LogP contribution in [0.2, 0.25) is 0 Å². The van der Waals surface area contributed by atoms with Crippen molar-refractivity contribution in [2.75, 3.05) is 6.61 Å². The quantitative estimate of drug-likeness (QED) is 0.759. The highest BCUT2D eigenvalue weighted by Crippen LogP contribution is 2.25. The maximum Gasteiger partial charge on any atom is 0.0585 e. The Kier molecular flexibility index (Phi) is 5.57. The van der Waals surface area contributed by atoms with Crippen LogP contribution in [0, 0.1) is 0 Å². The van der Waals surface area contributed by atoms with E-state index in [9.17, 15) is 0 Å². The zero-order valence-corrected chi connectivity index (χ0v) is 11.7. The molecule has 0 unspecified atom stereocenters. The molecule has 0 saturated heterocycles. The van der Waals surface area contributed by atoms with Crippen molar-refractivity contribution in [3.05, 3.63) is 47.0 Å². The summed E-state index contributed by atoms with van der Waals surface area (Å²) in [7, 11) is 0. The molecule has 0 aliphatic carbocycles. The summed E-state index contributed by atoms with van der Waals surface area (Å²) in [6.45, 7) is 10.4. The van der Waals surface area contributed by atoms with E-state index >= 15 is 0 Å². The predicted molar refractivity (Wildman–Crippen MR) is 77.8 cm³/mol. The van der Waals surface area contributed by atoms with Gasteiger partial charge >= 0.3 is 0 Å². The SMILES string of the molecule is C=C(C)Cc1cccc(C(C)C)c1C[C@@H](N)CO. The van der Waals surface area contributed by atoms with Gasteiger partial charge in [0.1, 0.15) is 0 Å². The zero-order chi connectivity index (χ0) is 13.7. The Hall–Kier alpha value is -1.12. The van der Waals surface area contributed by atoms with Crippen LogP contribution in [-0.4, -0.2) is 17.8 Å². The predicted octanol–water partition coefficient (Wildman–Crippen LogP) is 2.79. The summed E-state index contributed by atoms with van der Waals surface area (Å²) >= 11 is 0. The third kappa shape index (κ3) is 3.97. The van der Waals surface area contributed by atoms with E-state index in [2.05, 4.69) is 38.6 Å². The molecule has 0 fully saturated rings. The summed E-state index contributed by atoms with van der Waals surface area (Å²) in [4.78, 5) is 0. The summed E-state index contributed by atoms with van der Waals surface area (Å²) in [6.07, 6.45) is 1.61. The van der Waals surface area contributed by atoms with E-state index in [1.54, 1.807) is 0 Å². The van der Waals surface area contributed by atoms with Crippen LogP contribution >= 0.6 is 0 Å². The molecule has 2 heteroatoms. The van der Waals surface area contributed by atoms with E-state index in [-0.39, 0.29) is 12.6 Å². The smallest absolute Gasteiger partial charge is 0.0585 e. The van der Waals surface area contributed by atoms with E-state index in [4.69, 9.17) is 10.8 Å². The fourth-order valence-electron chi connectivity index (χ4n) is 2.26. The molecule has 0 spiro atoms. The Balaban J connectivity index is 3.16. The topological polar surface area (TPSA) is 46.2 Å². The van der Waals surface area contributed by atoms with Gasteiger partial charge in [0.05, 0.1) is 6.61 Å². The number of nitrogens with two attached hydrogens (primary N) is 1. The van der Waals surface area contributed by atoms with Gasteiger partial charge in [-0.3, -0.25) is 0 Å². The molecule has 3 N–H and O–H groups in total. The third-order valence-electron chi connectivity index (χ3n) is 3.12. The van der Waals surface area contributed by atoms with E-state index in [0.29, 0.717) is 5.92 Å². The van der Waals surface area contributed by atoms with Crippen LogP contribution in [0.4, 0.5) is 0 Å². The number of aliphatic hydroxyl groups is 1. The van der Waals surface area contributed by atoms with Crippen molar-refractivity contribution in [1.29, 1.82) is 0 Å². The Morgan fingerprint density at radius 1 is 1.39 bits per heavy atom. The van der Waals surface area contributed by atoms with Gasteiger partial charge in [-0.15, -0.1) is 0 Å². The van der Waals surface area contributed by atoms with Crippen molar-refractivity contribution in [3.8, 4) is 0 Å². The van der Waals surface area contributed by atoms with Crippen molar-refractivity contribution >= 4 is 0 Å². The minimum atomic E-state index is -0.186. The lowest BCUT2D eigenvalue weighted by Crippen LogP contribution is -2.28. The average molecular weight is 247 g/mol. The van der Waals surface area contributed by atoms with Crippen molar-refractivity contribution in [3.63, 3.8) is 0 Å². The van der Waals surface area contributed by atoms with Crippen molar-refractivity contribution in [2.24, 2.45) is 5.73 Å². The molecule has 0 amide bonds. The van der Waals surface area contributed by atoms with E-state index in [0.717, 1.165) is 18.4 Å². The van der Waals surface area contributed by atoms with Crippen molar-refractivity contribution < 1.29 is 5.11 Å². The molecule has 0 radical (unpaired) electrons. The summed E-state index contributed by atoms with van der Waals surface area (Å²) in [5.74, 6) is 0.468. The van der Waals surface area contributed by atoms with Gasteiger partial charge in [0.25, 0.3) is 0 Å². The van der Waals surface area contributed by atoms with Crippen LogP contribution in [0.15, 0.2) is 30.4 Å². The molecule has 0 aliphatic rings. The standard InChI is InChI=1S/C16H25NO/c1-11(2)8-13-6-5-7-15(12(3)4)16(13)9-14(17)10-18/h5-7,12,14,18H,1,8-10,17H2,2-4H3/t14-/m1/s1. The van der Waals surface area contributed by atoms with Crippen molar-refractivity contribution in [1.82, 2.24) is 0 Å². The fourth-order valence-corrected chi connectivity index (χ4v) is 2.26. The largest absolute Gasteiger partial charge is 0.395 e. The van der Waals surface area contributed by atoms with Crippen LogP contribution < -0.4 is 5.73 Å². The molecule has 1 rings (SSSR count). The Morgan fingerprint density at radius 2 is 2.06 bits per heavy atom. The number of hydrogen-bond acceptors (Lipinski definition) is 2. The second-order valence-corrected chi connectivity index (χ2v) is 5.42. The molecule has 100 valence electrons. The first kappa shape index (κ1) is 14.9. The molecule has 2 nitrogen and oxygen atoms in total. The number of benzene rings is 1. The van der Waals surface area contributed by atoms with E-state index in [1.165, 1.54) is 16.7 Å². The zero-order valence-electron chi connectivity index (χ0n) is 11.7. The number of hydrogen-bond donors (Lipinski definition) is 2. The monoisotopic (exact) mass is 247 g/mol. The first-order valence-electron chi connectivity index (χ1n) is 6.57. The summed E-state index contributed by atoms with van der Waals surface area (Å²) in [6, 6.07) is 6.21. The Morgan fingerprint density at radius 3 is 2.56 bits per heavy atom. The molecule has 1 aromatic rings.